The molecule has 0 saturated carbocycles. The molecule has 0 atom stereocenters. The Morgan fingerprint density at radius 3 is 2.06 bits per heavy atom. The summed E-state index contributed by atoms with van der Waals surface area (Å²) in [5.74, 6) is 0. The summed E-state index contributed by atoms with van der Waals surface area (Å²) in [5.41, 5.74) is -1.47. The first-order chi connectivity index (χ1) is 7.81. The van der Waals surface area contributed by atoms with Gasteiger partial charge in [-0.25, -0.2) is 0 Å². The van der Waals surface area contributed by atoms with Crippen molar-refractivity contribution in [2.45, 2.75) is 16.0 Å². The number of benzene rings is 1. The molecule has 0 aliphatic rings. The number of nitrogens with zero attached hydrogens (tertiary/aromatic N) is 1. The predicted octanol–water partition coefficient (Wildman–Crippen LogP) is 4.06. The summed E-state index contributed by atoms with van der Waals surface area (Å²) in [6.45, 7) is 0. The second-order valence-electron chi connectivity index (χ2n) is 2.98. The molecule has 0 radical (unpaired) electrons. The number of hydrogen-bond donors (Lipinski definition) is 0. The monoisotopic (exact) mass is 283 g/mol. The van der Waals surface area contributed by atoms with Gasteiger partial charge in [0.2, 0.25) is 0 Å². The van der Waals surface area contributed by atoms with Crippen LogP contribution in [-0.4, -0.2) is 17.4 Å². The quantitative estimate of drug-likeness (QED) is 0.476. The SMILES string of the molecule is CSc1cc(SC)c(C(F)(F)F)cc1[N+](=O)[O-]. The second-order valence-corrected chi connectivity index (χ2v) is 4.68. The van der Waals surface area contributed by atoms with Crippen molar-refractivity contribution in [1.29, 1.82) is 0 Å². The van der Waals surface area contributed by atoms with Crippen LogP contribution in [0.15, 0.2) is 21.9 Å². The lowest BCUT2D eigenvalue weighted by Crippen LogP contribution is -2.08. The summed E-state index contributed by atoms with van der Waals surface area (Å²) in [4.78, 5) is 10.1. The molecule has 1 rings (SSSR count). The largest absolute Gasteiger partial charge is 0.417 e. The van der Waals surface area contributed by atoms with E-state index in [0.29, 0.717) is 6.07 Å². The normalized spacial score (nSPS) is 11.6. The summed E-state index contributed by atoms with van der Waals surface area (Å²) < 4.78 is 38.0. The Kier molecular flexibility index (Phi) is 4.31. The van der Waals surface area contributed by atoms with Crippen LogP contribution in [0, 0.1) is 10.1 Å². The van der Waals surface area contributed by atoms with E-state index >= 15 is 0 Å². The molecular weight excluding hydrogens is 275 g/mol. The fourth-order valence-electron chi connectivity index (χ4n) is 1.25. The molecule has 0 fully saturated rings. The molecule has 1 aromatic rings. The van der Waals surface area contributed by atoms with Crippen molar-refractivity contribution in [1.82, 2.24) is 0 Å². The van der Waals surface area contributed by atoms with Crippen LogP contribution in [0.2, 0.25) is 0 Å². The molecule has 3 nitrogen and oxygen atoms in total. The molecule has 8 heteroatoms. The van der Waals surface area contributed by atoms with Crippen molar-refractivity contribution in [3.63, 3.8) is 0 Å². The minimum Gasteiger partial charge on any atom is -0.258 e. The van der Waals surface area contributed by atoms with Crippen LogP contribution >= 0.6 is 23.5 Å². The van der Waals surface area contributed by atoms with E-state index < -0.39 is 22.4 Å². The molecule has 0 aliphatic carbocycles. The Bertz CT molecular complexity index is 449. The molecule has 0 spiro atoms. The third-order valence-corrected chi connectivity index (χ3v) is 3.55. The number of rotatable bonds is 3. The number of alkyl halides is 3. The van der Waals surface area contributed by atoms with Gasteiger partial charge in [-0.1, -0.05) is 0 Å². The molecule has 0 saturated heterocycles. The lowest BCUT2D eigenvalue weighted by molar-refractivity contribution is -0.388. The zero-order valence-corrected chi connectivity index (χ0v) is 10.5. The van der Waals surface area contributed by atoms with Gasteiger partial charge in [0, 0.05) is 11.0 Å². The van der Waals surface area contributed by atoms with Gasteiger partial charge in [-0.15, -0.1) is 23.5 Å². The summed E-state index contributed by atoms with van der Waals surface area (Å²) in [7, 11) is 0. The van der Waals surface area contributed by atoms with Crippen LogP contribution in [0.5, 0.6) is 0 Å². The number of nitro benzene ring substituents is 1. The average molecular weight is 283 g/mol. The summed E-state index contributed by atoms with van der Waals surface area (Å²) >= 11 is 1.97. The topological polar surface area (TPSA) is 43.1 Å². The van der Waals surface area contributed by atoms with Gasteiger partial charge in [-0.2, -0.15) is 13.2 Å². The molecule has 1 aromatic carbocycles. The maximum atomic E-state index is 12.7. The molecule has 0 aliphatic heterocycles. The van der Waals surface area contributed by atoms with E-state index in [-0.39, 0.29) is 9.79 Å². The molecule has 0 amide bonds. The lowest BCUT2D eigenvalue weighted by Gasteiger charge is -2.12. The highest BCUT2D eigenvalue weighted by Crippen LogP contribution is 2.41. The van der Waals surface area contributed by atoms with Crippen molar-refractivity contribution in [3.05, 3.63) is 27.8 Å². The van der Waals surface area contributed by atoms with E-state index in [1.165, 1.54) is 12.3 Å². The lowest BCUT2D eigenvalue weighted by atomic mass is 10.2. The summed E-state index contributed by atoms with van der Waals surface area (Å²) in [6.07, 6.45) is -1.50. The fourth-order valence-corrected chi connectivity index (χ4v) is 2.53. The number of nitro groups is 1. The number of hydrogen-bond acceptors (Lipinski definition) is 4. The Balaban J connectivity index is 3.50. The van der Waals surface area contributed by atoms with E-state index in [1.54, 1.807) is 6.26 Å². The van der Waals surface area contributed by atoms with Crippen LogP contribution in [0.4, 0.5) is 18.9 Å². The summed E-state index contributed by atoms with van der Waals surface area (Å²) in [5, 5.41) is 10.7. The third-order valence-electron chi connectivity index (χ3n) is 2.00. The standard InChI is InChI=1S/C9H8F3NO2S2/c1-16-7-4-8(17-2)6(13(14)15)3-5(7)9(10,11)12/h3-4H,1-2H3. The van der Waals surface area contributed by atoms with E-state index in [1.807, 2.05) is 0 Å². The van der Waals surface area contributed by atoms with Gasteiger partial charge in [0.25, 0.3) is 5.69 Å². The molecule has 94 valence electrons. The van der Waals surface area contributed by atoms with Gasteiger partial charge >= 0.3 is 6.18 Å². The minimum absolute atomic E-state index is 0.00699. The van der Waals surface area contributed by atoms with Crippen LogP contribution in [0.3, 0.4) is 0 Å². The van der Waals surface area contributed by atoms with E-state index in [9.17, 15) is 23.3 Å². The maximum Gasteiger partial charge on any atom is 0.417 e. The maximum absolute atomic E-state index is 12.7. The molecule has 0 bridgehead atoms. The average Bonchev–Trinajstić information content (AvgIpc) is 2.25. The van der Waals surface area contributed by atoms with Crippen molar-refractivity contribution < 1.29 is 18.1 Å². The van der Waals surface area contributed by atoms with Crippen LogP contribution in [0.25, 0.3) is 0 Å². The van der Waals surface area contributed by atoms with Crippen molar-refractivity contribution in [3.8, 4) is 0 Å². The van der Waals surface area contributed by atoms with E-state index in [2.05, 4.69) is 0 Å². The highest BCUT2D eigenvalue weighted by atomic mass is 32.2. The Morgan fingerprint density at radius 2 is 1.71 bits per heavy atom. The Labute approximate surface area is 104 Å². The Morgan fingerprint density at radius 1 is 1.18 bits per heavy atom. The van der Waals surface area contributed by atoms with Gasteiger partial charge in [0.15, 0.2) is 0 Å². The van der Waals surface area contributed by atoms with Crippen molar-refractivity contribution >= 4 is 29.2 Å². The first-order valence-electron chi connectivity index (χ1n) is 4.29. The zero-order chi connectivity index (χ0) is 13.2. The zero-order valence-electron chi connectivity index (χ0n) is 8.87. The first-order valence-corrected chi connectivity index (χ1v) is 6.73. The van der Waals surface area contributed by atoms with Gasteiger partial charge in [-0.05, 0) is 18.6 Å². The molecule has 17 heavy (non-hydrogen) atoms. The molecule has 0 unspecified atom stereocenters. The van der Waals surface area contributed by atoms with Crippen LogP contribution < -0.4 is 0 Å². The van der Waals surface area contributed by atoms with Crippen molar-refractivity contribution in [2.24, 2.45) is 0 Å². The molecule has 0 aromatic heterocycles. The highest BCUT2D eigenvalue weighted by Gasteiger charge is 2.36. The highest BCUT2D eigenvalue weighted by molar-refractivity contribution is 7.99. The Hall–Kier alpha value is -0.890. The molecule has 0 N–H and O–H groups in total. The van der Waals surface area contributed by atoms with Crippen molar-refractivity contribution in [2.75, 3.05) is 12.5 Å². The molecule has 0 heterocycles. The second kappa shape index (κ2) is 5.18. The van der Waals surface area contributed by atoms with Crippen LogP contribution in [-0.2, 0) is 6.18 Å². The van der Waals surface area contributed by atoms with Crippen LogP contribution in [0.1, 0.15) is 5.56 Å². The van der Waals surface area contributed by atoms with E-state index in [4.69, 9.17) is 0 Å². The van der Waals surface area contributed by atoms with E-state index in [0.717, 1.165) is 23.5 Å². The number of halogens is 3. The van der Waals surface area contributed by atoms with Gasteiger partial charge in [0.1, 0.15) is 0 Å². The third kappa shape index (κ3) is 3.06. The summed E-state index contributed by atoms with van der Waals surface area (Å²) in [6, 6.07) is 1.80. The van der Waals surface area contributed by atoms with Gasteiger partial charge in [0.05, 0.1) is 15.4 Å². The predicted molar refractivity (Wildman–Crippen MR) is 61.7 cm³/mol. The fraction of sp³-hybridized carbons (Fsp3) is 0.333. The van der Waals surface area contributed by atoms with Gasteiger partial charge in [-0.3, -0.25) is 10.1 Å². The first kappa shape index (κ1) is 14.2. The van der Waals surface area contributed by atoms with Gasteiger partial charge < -0.3 is 0 Å². The smallest absolute Gasteiger partial charge is 0.258 e. The molecular formula is C9H8F3NO2S2. The number of thioether (sulfide) groups is 2. The minimum atomic E-state index is -4.58.